The van der Waals surface area contributed by atoms with Crippen LogP contribution in [0.5, 0.6) is 5.75 Å². The van der Waals surface area contributed by atoms with Crippen LogP contribution in [0.1, 0.15) is 41.8 Å². The highest BCUT2D eigenvalue weighted by molar-refractivity contribution is 7.80. The van der Waals surface area contributed by atoms with Crippen LogP contribution in [0.25, 0.3) is 0 Å². The molecule has 29 heavy (non-hydrogen) atoms. The summed E-state index contributed by atoms with van der Waals surface area (Å²) in [6, 6.07) is 15.2. The van der Waals surface area contributed by atoms with Gasteiger partial charge in [0.15, 0.2) is 6.23 Å². The first kappa shape index (κ1) is 23.6. The number of aryl methyl sites for hydroxylation is 1. The summed E-state index contributed by atoms with van der Waals surface area (Å²) in [4.78, 5) is 0. The maximum atomic E-state index is 11.5. The molecule has 9 heteroatoms. The van der Waals surface area contributed by atoms with Gasteiger partial charge in [0.05, 0.1) is 7.11 Å². The standard InChI is InChI=1S/C20H26N2O5S.ClH/c1-14-10-11-18(26-2)16(13-14)20(27-28(23,24)25)22-17-9-6-12-21-19(17)15-7-4-3-5-8-15;/h3-5,7-8,10-11,13,17,19-22H,6,9,12H2,1-2H3,(H,23,24,25);1H/t17-,19-,20?;/m0./s1. The fraction of sp³-hybridized carbons (Fsp3) is 0.400. The average molecular weight is 443 g/mol. The summed E-state index contributed by atoms with van der Waals surface area (Å²) in [5.41, 5.74) is 2.53. The number of methoxy groups -OCH3 is 1. The average Bonchev–Trinajstić information content (AvgIpc) is 2.67. The van der Waals surface area contributed by atoms with Crippen LogP contribution in [0.2, 0.25) is 0 Å². The number of piperidine rings is 1. The van der Waals surface area contributed by atoms with E-state index in [1.165, 1.54) is 7.11 Å². The van der Waals surface area contributed by atoms with E-state index in [2.05, 4.69) is 10.6 Å². The van der Waals surface area contributed by atoms with Crippen molar-refractivity contribution in [2.75, 3.05) is 13.7 Å². The normalized spacial score (nSPS) is 20.5. The van der Waals surface area contributed by atoms with Gasteiger partial charge in [-0.15, -0.1) is 12.4 Å². The summed E-state index contributed by atoms with van der Waals surface area (Å²) in [5.74, 6) is 0.478. The minimum Gasteiger partial charge on any atom is -0.496 e. The van der Waals surface area contributed by atoms with Crippen LogP contribution in [-0.4, -0.2) is 32.7 Å². The van der Waals surface area contributed by atoms with Gasteiger partial charge in [0.25, 0.3) is 0 Å². The van der Waals surface area contributed by atoms with Crippen molar-refractivity contribution >= 4 is 22.8 Å². The minimum atomic E-state index is -4.68. The predicted octanol–water partition coefficient (Wildman–Crippen LogP) is 3.33. The quantitative estimate of drug-likeness (QED) is 0.447. The summed E-state index contributed by atoms with van der Waals surface area (Å²) in [7, 11) is -3.17. The Morgan fingerprint density at radius 1 is 1.21 bits per heavy atom. The largest absolute Gasteiger partial charge is 0.496 e. The molecule has 0 saturated carbocycles. The van der Waals surface area contributed by atoms with Crippen molar-refractivity contribution in [1.29, 1.82) is 0 Å². The van der Waals surface area contributed by atoms with Crippen LogP contribution in [-0.2, 0) is 14.6 Å². The maximum Gasteiger partial charge on any atom is 0.399 e. The Labute approximate surface area is 178 Å². The monoisotopic (exact) mass is 442 g/mol. The Kier molecular flexibility index (Phi) is 8.45. The van der Waals surface area contributed by atoms with Crippen molar-refractivity contribution in [3.8, 4) is 5.75 Å². The molecule has 1 heterocycles. The van der Waals surface area contributed by atoms with Gasteiger partial charge in [-0.1, -0.05) is 42.0 Å². The molecule has 0 aliphatic carbocycles. The molecule has 1 fully saturated rings. The van der Waals surface area contributed by atoms with Crippen LogP contribution in [0.3, 0.4) is 0 Å². The second-order valence-corrected chi connectivity index (χ2v) is 7.96. The first-order valence-corrected chi connectivity index (χ1v) is 10.6. The Morgan fingerprint density at radius 2 is 1.93 bits per heavy atom. The van der Waals surface area contributed by atoms with Gasteiger partial charge in [0.1, 0.15) is 5.75 Å². The highest BCUT2D eigenvalue weighted by atomic mass is 35.5. The summed E-state index contributed by atoms with van der Waals surface area (Å²) < 4.78 is 42.8. The van der Waals surface area contributed by atoms with E-state index in [4.69, 9.17) is 8.92 Å². The van der Waals surface area contributed by atoms with Crippen LogP contribution in [0, 0.1) is 6.92 Å². The summed E-state index contributed by atoms with van der Waals surface area (Å²) in [6.45, 7) is 2.76. The lowest BCUT2D eigenvalue weighted by Gasteiger charge is -2.36. The molecule has 0 spiro atoms. The molecule has 2 aromatic rings. The first-order valence-electron chi connectivity index (χ1n) is 9.22. The van der Waals surface area contributed by atoms with Gasteiger partial charge in [-0.3, -0.25) is 9.87 Å². The molecule has 3 atom stereocenters. The molecular formula is C20H27ClN2O5S. The third-order valence-electron chi connectivity index (χ3n) is 4.87. The van der Waals surface area contributed by atoms with Crippen molar-refractivity contribution in [2.45, 2.75) is 38.1 Å². The highest BCUT2D eigenvalue weighted by Crippen LogP contribution is 2.32. The molecule has 0 radical (unpaired) electrons. The summed E-state index contributed by atoms with van der Waals surface area (Å²) >= 11 is 0. The van der Waals surface area contributed by atoms with E-state index in [0.29, 0.717) is 11.3 Å². The highest BCUT2D eigenvalue weighted by Gasteiger charge is 2.31. The summed E-state index contributed by atoms with van der Waals surface area (Å²) in [6.07, 6.45) is 0.678. The smallest absolute Gasteiger partial charge is 0.399 e. The molecule has 160 valence electrons. The number of halogens is 1. The van der Waals surface area contributed by atoms with Gasteiger partial charge >= 0.3 is 10.4 Å². The Morgan fingerprint density at radius 3 is 2.59 bits per heavy atom. The van der Waals surface area contributed by atoms with Crippen LogP contribution in [0.15, 0.2) is 48.5 Å². The molecule has 1 aliphatic rings. The number of benzene rings is 2. The van der Waals surface area contributed by atoms with Gasteiger partial charge in [-0.25, -0.2) is 4.18 Å². The second kappa shape index (κ2) is 10.4. The van der Waals surface area contributed by atoms with E-state index < -0.39 is 16.6 Å². The fourth-order valence-electron chi connectivity index (χ4n) is 3.62. The van der Waals surface area contributed by atoms with E-state index in [1.54, 1.807) is 12.1 Å². The molecule has 2 aromatic carbocycles. The van der Waals surface area contributed by atoms with Crippen LogP contribution in [0.4, 0.5) is 0 Å². The molecule has 3 N–H and O–H groups in total. The van der Waals surface area contributed by atoms with Gasteiger partial charge in [-0.05, 0) is 44.0 Å². The topological polar surface area (TPSA) is 96.9 Å². The van der Waals surface area contributed by atoms with E-state index in [1.807, 2.05) is 43.3 Å². The third kappa shape index (κ3) is 6.40. The third-order valence-corrected chi connectivity index (χ3v) is 5.30. The van der Waals surface area contributed by atoms with Gasteiger partial charge in [-0.2, -0.15) is 8.42 Å². The zero-order valence-electron chi connectivity index (χ0n) is 16.4. The first-order chi connectivity index (χ1) is 13.4. The molecule has 3 rings (SSSR count). The Hall–Kier alpha value is -1.68. The number of ether oxygens (including phenoxy) is 1. The number of nitrogens with one attached hydrogen (secondary N) is 2. The number of hydrogen-bond donors (Lipinski definition) is 3. The van der Waals surface area contributed by atoms with Gasteiger partial charge < -0.3 is 10.1 Å². The van der Waals surface area contributed by atoms with Gasteiger partial charge in [0, 0.05) is 17.6 Å². The predicted molar refractivity (Wildman–Crippen MR) is 114 cm³/mol. The molecule has 1 aliphatic heterocycles. The van der Waals surface area contributed by atoms with Crippen molar-refractivity contribution in [3.05, 3.63) is 65.2 Å². The second-order valence-electron chi connectivity index (χ2n) is 6.91. The zero-order valence-corrected chi connectivity index (χ0v) is 18.0. The Bertz CT molecular complexity index is 895. The molecule has 1 saturated heterocycles. The lowest BCUT2D eigenvalue weighted by atomic mass is 9.92. The SMILES string of the molecule is COc1ccc(C)cc1C(N[C@H]1CCCN[C@H]1c1ccccc1)OS(=O)(=O)O.Cl. The zero-order chi connectivity index (χ0) is 20.1. The van der Waals surface area contributed by atoms with E-state index in [0.717, 1.165) is 30.5 Å². The molecule has 0 aromatic heterocycles. The summed E-state index contributed by atoms with van der Waals surface area (Å²) in [5, 5.41) is 6.76. The number of rotatable bonds is 7. The lowest BCUT2D eigenvalue weighted by Crippen LogP contribution is -2.48. The van der Waals surface area contributed by atoms with Crippen LogP contribution < -0.4 is 15.4 Å². The van der Waals surface area contributed by atoms with Crippen molar-refractivity contribution < 1.29 is 21.9 Å². The molecular weight excluding hydrogens is 416 g/mol. The van der Waals surface area contributed by atoms with E-state index in [9.17, 15) is 13.0 Å². The van der Waals surface area contributed by atoms with Crippen LogP contribution >= 0.6 is 12.4 Å². The lowest BCUT2D eigenvalue weighted by molar-refractivity contribution is 0.116. The number of hydrogen-bond acceptors (Lipinski definition) is 6. The van der Waals surface area contributed by atoms with Gasteiger partial charge in [0.2, 0.25) is 0 Å². The molecule has 0 amide bonds. The van der Waals surface area contributed by atoms with E-state index in [-0.39, 0.29) is 24.5 Å². The van der Waals surface area contributed by atoms with Crippen molar-refractivity contribution in [1.82, 2.24) is 10.6 Å². The Balaban J connectivity index is 0.00000300. The fourth-order valence-corrected chi connectivity index (χ4v) is 4.03. The molecule has 1 unspecified atom stereocenters. The maximum absolute atomic E-state index is 11.5. The minimum absolute atomic E-state index is 0. The van der Waals surface area contributed by atoms with Crippen molar-refractivity contribution in [2.24, 2.45) is 0 Å². The van der Waals surface area contributed by atoms with E-state index >= 15 is 0 Å². The van der Waals surface area contributed by atoms with Crippen molar-refractivity contribution in [3.63, 3.8) is 0 Å². The molecule has 7 nitrogen and oxygen atoms in total. The molecule has 0 bridgehead atoms.